The molecule has 1 aromatic rings. The van der Waals surface area contributed by atoms with Crippen molar-refractivity contribution in [2.45, 2.75) is 67.7 Å². The van der Waals surface area contributed by atoms with Gasteiger partial charge in [-0.3, -0.25) is 0 Å². The smallest absolute Gasteiger partial charge is 0.224 e. The van der Waals surface area contributed by atoms with E-state index in [0.717, 1.165) is 38.5 Å². The van der Waals surface area contributed by atoms with Crippen molar-refractivity contribution in [3.63, 3.8) is 0 Å². The predicted octanol–water partition coefficient (Wildman–Crippen LogP) is 2.87. The lowest BCUT2D eigenvalue weighted by atomic mass is 9.97. The van der Waals surface area contributed by atoms with E-state index in [9.17, 15) is 16.8 Å². The second-order valence-corrected chi connectivity index (χ2v) is 10.0. The second-order valence-electron chi connectivity index (χ2n) is 6.04. The first-order chi connectivity index (χ1) is 10.8. The van der Waals surface area contributed by atoms with Crippen molar-refractivity contribution < 1.29 is 16.8 Å². The van der Waals surface area contributed by atoms with Crippen molar-refractivity contribution >= 4 is 19.9 Å². The van der Waals surface area contributed by atoms with Crippen LogP contribution in [-0.2, 0) is 19.9 Å². The van der Waals surface area contributed by atoms with Crippen LogP contribution in [0.15, 0.2) is 34.1 Å². The zero-order valence-corrected chi connectivity index (χ0v) is 15.1. The van der Waals surface area contributed by atoms with Crippen molar-refractivity contribution in [1.82, 2.24) is 4.72 Å². The lowest BCUT2D eigenvalue weighted by Gasteiger charge is -2.21. The molecule has 0 aromatic heterocycles. The van der Waals surface area contributed by atoms with E-state index < -0.39 is 19.9 Å². The molecule has 0 radical (unpaired) electrons. The Morgan fingerprint density at radius 1 is 0.870 bits per heavy atom. The molecular weight excluding hydrogens is 334 g/mol. The molecule has 0 heterocycles. The molecule has 0 spiro atoms. The number of hydrogen-bond donors (Lipinski definition) is 1. The van der Waals surface area contributed by atoms with Gasteiger partial charge in [0.15, 0.2) is 9.84 Å². The van der Waals surface area contributed by atoms with Crippen LogP contribution < -0.4 is 4.72 Å². The maximum absolute atomic E-state index is 12.5. The zero-order chi connectivity index (χ0) is 16.9. The average Bonchev–Trinajstić information content (AvgIpc) is 2.50. The summed E-state index contributed by atoms with van der Waals surface area (Å²) in [6.45, 7) is 1.57. The highest BCUT2D eigenvalue weighted by atomic mass is 32.2. The molecule has 1 fully saturated rings. The molecule has 1 aliphatic rings. The first kappa shape index (κ1) is 18.4. The van der Waals surface area contributed by atoms with Crippen molar-refractivity contribution in [3.8, 4) is 0 Å². The van der Waals surface area contributed by atoms with E-state index in [2.05, 4.69) is 4.72 Å². The lowest BCUT2D eigenvalue weighted by Crippen LogP contribution is -2.35. The Balaban J connectivity index is 2.12. The summed E-state index contributed by atoms with van der Waals surface area (Å²) in [6.07, 6.45) is 7.35. The summed E-state index contributed by atoms with van der Waals surface area (Å²) < 4.78 is 51.3. The minimum absolute atomic E-state index is 0.000575. The fourth-order valence-corrected chi connectivity index (χ4v) is 5.04. The first-order valence-electron chi connectivity index (χ1n) is 8.20. The van der Waals surface area contributed by atoms with Crippen LogP contribution in [0.4, 0.5) is 0 Å². The van der Waals surface area contributed by atoms with Crippen molar-refractivity contribution in [2.24, 2.45) is 0 Å². The molecule has 0 bridgehead atoms. The average molecular weight is 360 g/mol. The molecular formula is C16H25NO4S2. The third-order valence-corrected chi connectivity index (χ3v) is 7.59. The number of sulfonamides is 1. The van der Waals surface area contributed by atoms with Crippen molar-refractivity contribution in [2.75, 3.05) is 5.75 Å². The SMILES string of the molecule is CCS(=O)(=O)c1ccc(S(=O)(=O)NC2CCCCCCC2)cc1. The van der Waals surface area contributed by atoms with E-state index in [-0.39, 0.29) is 21.6 Å². The van der Waals surface area contributed by atoms with Crippen LogP contribution in [0.5, 0.6) is 0 Å². The Morgan fingerprint density at radius 2 is 1.35 bits per heavy atom. The highest BCUT2D eigenvalue weighted by Crippen LogP contribution is 2.20. The molecule has 5 nitrogen and oxygen atoms in total. The van der Waals surface area contributed by atoms with Gasteiger partial charge < -0.3 is 0 Å². The summed E-state index contributed by atoms with van der Waals surface area (Å²) in [5.41, 5.74) is 0. The van der Waals surface area contributed by atoms with Gasteiger partial charge in [0, 0.05) is 6.04 Å². The molecule has 0 amide bonds. The molecule has 2 rings (SSSR count). The Hall–Kier alpha value is -0.920. The van der Waals surface area contributed by atoms with E-state index in [1.165, 1.54) is 30.7 Å². The Morgan fingerprint density at radius 3 is 1.87 bits per heavy atom. The van der Waals surface area contributed by atoms with Crippen molar-refractivity contribution in [3.05, 3.63) is 24.3 Å². The van der Waals surface area contributed by atoms with Gasteiger partial charge in [-0.2, -0.15) is 0 Å². The topological polar surface area (TPSA) is 80.3 Å². The quantitative estimate of drug-likeness (QED) is 0.876. The largest absolute Gasteiger partial charge is 0.240 e. The summed E-state index contributed by atoms with van der Waals surface area (Å²) in [4.78, 5) is 0.277. The van der Waals surface area contributed by atoms with Crippen LogP contribution >= 0.6 is 0 Å². The summed E-state index contributed by atoms with van der Waals surface area (Å²) in [5, 5.41) is 0. The number of benzene rings is 1. The fourth-order valence-electron chi connectivity index (χ4n) is 2.85. The fraction of sp³-hybridized carbons (Fsp3) is 0.625. The van der Waals surface area contributed by atoms with E-state index in [1.54, 1.807) is 6.92 Å². The highest BCUT2D eigenvalue weighted by Gasteiger charge is 2.21. The standard InChI is InChI=1S/C16H25NO4S2/c1-2-22(18,19)15-10-12-16(13-11-15)23(20,21)17-14-8-6-4-3-5-7-9-14/h10-14,17H,2-9H2,1H3. The summed E-state index contributed by atoms with van der Waals surface area (Å²) in [7, 11) is -6.91. The van der Waals surface area contributed by atoms with Gasteiger partial charge in [-0.25, -0.2) is 21.6 Å². The van der Waals surface area contributed by atoms with Crippen LogP contribution in [0.1, 0.15) is 51.9 Å². The van der Waals surface area contributed by atoms with Crippen LogP contribution in [0.25, 0.3) is 0 Å². The lowest BCUT2D eigenvalue weighted by molar-refractivity contribution is 0.426. The molecule has 1 aliphatic carbocycles. The third-order valence-electron chi connectivity index (χ3n) is 4.30. The molecule has 1 saturated carbocycles. The van der Waals surface area contributed by atoms with Gasteiger partial charge in [-0.05, 0) is 37.1 Å². The Bertz CT molecular complexity index is 701. The van der Waals surface area contributed by atoms with Gasteiger partial charge in [0.2, 0.25) is 10.0 Å². The Labute approximate surface area is 139 Å². The van der Waals surface area contributed by atoms with E-state index in [1.807, 2.05) is 0 Å². The van der Waals surface area contributed by atoms with E-state index in [0.29, 0.717) is 0 Å². The molecule has 1 N–H and O–H groups in total. The van der Waals surface area contributed by atoms with Gasteiger partial charge in [0.25, 0.3) is 0 Å². The minimum Gasteiger partial charge on any atom is -0.224 e. The molecule has 0 unspecified atom stereocenters. The van der Waals surface area contributed by atoms with Crippen LogP contribution in [0.3, 0.4) is 0 Å². The maximum atomic E-state index is 12.5. The van der Waals surface area contributed by atoms with Crippen LogP contribution in [-0.4, -0.2) is 28.6 Å². The Kier molecular flexibility index (Phi) is 6.22. The summed E-state index contributed by atoms with van der Waals surface area (Å²) in [5.74, 6) is -0.000575. The summed E-state index contributed by atoms with van der Waals surface area (Å²) >= 11 is 0. The molecule has 23 heavy (non-hydrogen) atoms. The van der Waals surface area contributed by atoms with Gasteiger partial charge in [-0.1, -0.05) is 39.0 Å². The molecule has 0 saturated heterocycles. The second kappa shape index (κ2) is 7.77. The third kappa shape index (κ3) is 5.02. The summed E-state index contributed by atoms with van der Waals surface area (Å²) in [6, 6.07) is 5.44. The molecule has 1 aromatic carbocycles. The van der Waals surface area contributed by atoms with Gasteiger partial charge in [-0.15, -0.1) is 0 Å². The molecule has 130 valence electrons. The first-order valence-corrected chi connectivity index (χ1v) is 11.3. The normalized spacial score (nSPS) is 18.3. The maximum Gasteiger partial charge on any atom is 0.240 e. The number of nitrogens with one attached hydrogen (secondary N) is 1. The number of hydrogen-bond acceptors (Lipinski definition) is 4. The van der Waals surface area contributed by atoms with Crippen LogP contribution in [0.2, 0.25) is 0 Å². The highest BCUT2D eigenvalue weighted by molar-refractivity contribution is 7.91. The van der Waals surface area contributed by atoms with Crippen molar-refractivity contribution in [1.29, 1.82) is 0 Å². The van der Waals surface area contributed by atoms with Gasteiger partial charge in [0.05, 0.1) is 15.5 Å². The van der Waals surface area contributed by atoms with E-state index >= 15 is 0 Å². The predicted molar refractivity (Wildman–Crippen MR) is 90.6 cm³/mol. The van der Waals surface area contributed by atoms with Gasteiger partial charge >= 0.3 is 0 Å². The molecule has 0 aliphatic heterocycles. The van der Waals surface area contributed by atoms with E-state index in [4.69, 9.17) is 0 Å². The minimum atomic E-state index is -3.60. The van der Waals surface area contributed by atoms with Gasteiger partial charge in [0.1, 0.15) is 0 Å². The monoisotopic (exact) mass is 359 g/mol. The molecule has 0 atom stereocenters. The molecule has 7 heteroatoms. The van der Waals surface area contributed by atoms with Crippen LogP contribution in [0, 0.1) is 0 Å². The number of rotatable bonds is 5. The zero-order valence-electron chi connectivity index (χ0n) is 13.5. The number of sulfone groups is 1.